The number of nitrogens with two attached hydrogens (primary N) is 1. The third-order valence-corrected chi connectivity index (χ3v) is 5.74. The highest BCUT2D eigenvalue weighted by Crippen LogP contribution is 2.34. The van der Waals surface area contributed by atoms with Gasteiger partial charge in [0, 0.05) is 43.5 Å². The molecule has 2 atom stereocenters. The smallest absolute Gasteiger partial charge is 0.123 e. The van der Waals surface area contributed by atoms with E-state index < -0.39 is 0 Å². The molecular weight excluding hydrogens is 382 g/mol. The van der Waals surface area contributed by atoms with Crippen LogP contribution in [0.1, 0.15) is 17.0 Å². The van der Waals surface area contributed by atoms with Gasteiger partial charge in [0.25, 0.3) is 0 Å². The second kappa shape index (κ2) is 9.88. The maximum Gasteiger partial charge on any atom is 0.123 e. The molecule has 2 heterocycles. The Hall–Kier alpha value is -2.40. The van der Waals surface area contributed by atoms with Crippen molar-refractivity contribution in [1.82, 2.24) is 9.88 Å². The van der Waals surface area contributed by atoms with Crippen LogP contribution in [-0.2, 0) is 6.54 Å². The first-order valence-electron chi connectivity index (χ1n) is 9.83. The summed E-state index contributed by atoms with van der Waals surface area (Å²) in [5, 5.41) is 0. The lowest BCUT2D eigenvalue weighted by Crippen LogP contribution is -2.23. The fraction of sp³-hybridized carbons (Fsp3) is 0.292. The van der Waals surface area contributed by atoms with Gasteiger partial charge in [-0.05, 0) is 53.4 Å². The number of methoxy groups -OCH3 is 1. The molecule has 4 rings (SSSR count). The molecule has 0 amide bonds. The molecule has 0 bridgehead atoms. The number of pyridine rings is 1. The third kappa shape index (κ3) is 4.78. The maximum atomic E-state index is 6.12. The number of hydrogen-bond acceptors (Lipinski definition) is 4. The monoisotopic (exact) mass is 409 g/mol. The van der Waals surface area contributed by atoms with Crippen LogP contribution in [-0.4, -0.2) is 36.6 Å². The van der Waals surface area contributed by atoms with E-state index in [1.165, 1.54) is 22.3 Å². The van der Waals surface area contributed by atoms with E-state index in [0.29, 0.717) is 18.4 Å². The van der Waals surface area contributed by atoms with Crippen LogP contribution in [0.2, 0.25) is 0 Å². The minimum absolute atomic E-state index is 0. The second-order valence-electron chi connectivity index (χ2n) is 7.47. The third-order valence-electron chi connectivity index (χ3n) is 5.74. The summed E-state index contributed by atoms with van der Waals surface area (Å²) in [5.74, 6) is 1.91. The van der Waals surface area contributed by atoms with Crippen LogP contribution in [0.3, 0.4) is 0 Å². The van der Waals surface area contributed by atoms with E-state index >= 15 is 0 Å². The largest absolute Gasteiger partial charge is 0.496 e. The number of halogens is 1. The molecule has 2 N–H and O–H groups in total. The van der Waals surface area contributed by atoms with Crippen LogP contribution >= 0.6 is 12.4 Å². The Morgan fingerprint density at radius 3 is 2.45 bits per heavy atom. The van der Waals surface area contributed by atoms with Crippen molar-refractivity contribution in [2.45, 2.75) is 12.5 Å². The molecule has 1 aliphatic heterocycles. The summed E-state index contributed by atoms with van der Waals surface area (Å²) in [6, 6.07) is 21.2. The van der Waals surface area contributed by atoms with Crippen molar-refractivity contribution in [1.29, 1.82) is 0 Å². The number of rotatable bonds is 6. The van der Waals surface area contributed by atoms with E-state index in [2.05, 4.69) is 58.4 Å². The van der Waals surface area contributed by atoms with Gasteiger partial charge >= 0.3 is 0 Å². The van der Waals surface area contributed by atoms with Crippen LogP contribution in [0, 0.1) is 5.92 Å². The van der Waals surface area contributed by atoms with Crippen molar-refractivity contribution >= 4 is 12.4 Å². The van der Waals surface area contributed by atoms with Crippen molar-refractivity contribution in [3.05, 3.63) is 84.2 Å². The Balaban J connectivity index is 0.00000240. The second-order valence-corrected chi connectivity index (χ2v) is 7.47. The normalized spacial score (nSPS) is 19.0. The van der Waals surface area contributed by atoms with E-state index in [1.54, 1.807) is 7.11 Å². The summed E-state index contributed by atoms with van der Waals surface area (Å²) < 4.78 is 5.65. The number of aromatic nitrogens is 1. The minimum Gasteiger partial charge on any atom is -0.496 e. The van der Waals surface area contributed by atoms with E-state index in [0.717, 1.165) is 25.4 Å². The van der Waals surface area contributed by atoms with Crippen LogP contribution in [0.15, 0.2) is 73.1 Å². The molecule has 0 aliphatic carbocycles. The number of benzene rings is 2. The first kappa shape index (κ1) is 21.3. The highest BCUT2D eigenvalue weighted by atomic mass is 35.5. The Kier molecular flexibility index (Phi) is 7.26. The van der Waals surface area contributed by atoms with Crippen molar-refractivity contribution in [2.75, 3.05) is 26.7 Å². The van der Waals surface area contributed by atoms with Gasteiger partial charge in [-0.3, -0.25) is 9.88 Å². The van der Waals surface area contributed by atoms with Gasteiger partial charge in [0.15, 0.2) is 0 Å². The maximum absolute atomic E-state index is 6.12. The molecule has 0 radical (unpaired) electrons. The van der Waals surface area contributed by atoms with E-state index in [9.17, 15) is 0 Å². The van der Waals surface area contributed by atoms with Gasteiger partial charge in [-0.1, -0.05) is 36.4 Å². The zero-order valence-electron chi connectivity index (χ0n) is 16.7. The van der Waals surface area contributed by atoms with Crippen LogP contribution in [0.5, 0.6) is 5.75 Å². The summed E-state index contributed by atoms with van der Waals surface area (Å²) in [6.07, 6.45) is 3.66. The summed E-state index contributed by atoms with van der Waals surface area (Å²) in [5.41, 5.74) is 11.1. The van der Waals surface area contributed by atoms with Gasteiger partial charge in [-0.15, -0.1) is 12.4 Å². The highest BCUT2D eigenvalue weighted by molar-refractivity contribution is 5.85. The van der Waals surface area contributed by atoms with Crippen LogP contribution in [0.4, 0.5) is 0 Å². The molecule has 0 unspecified atom stereocenters. The molecule has 1 fully saturated rings. The Morgan fingerprint density at radius 1 is 1.00 bits per heavy atom. The van der Waals surface area contributed by atoms with Crippen molar-refractivity contribution < 1.29 is 4.74 Å². The molecule has 5 heteroatoms. The molecule has 2 aromatic carbocycles. The molecule has 152 valence electrons. The van der Waals surface area contributed by atoms with Gasteiger partial charge < -0.3 is 10.5 Å². The summed E-state index contributed by atoms with van der Waals surface area (Å²) in [4.78, 5) is 6.62. The van der Waals surface area contributed by atoms with Gasteiger partial charge in [0.05, 0.1) is 7.11 Å². The summed E-state index contributed by atoms with van der Waals surface area (Å²) in [7, 11) is 1.74. The average Bonchev–Trinajstić information content (AvgIpc) is 3.18. The first-order valence-corrected chi connectivity index (χ1v) is 9.83. The number of likely N-dealkylation sites (tertiary alicyclic amines) is 1. The van der Waals surface area contributed by atoms with Crippen molar-refractivity contribution in [2.24, 2.45) is 11.7 Å². The fourth-order valence-electron chi connectivity index (χ4n) is 4.27. The molecular formula is C24H28ClN3O. The Labute approximate surface area is 179 Å². The first-order chi connectivity index (χ1) is 13.8. The topological polar surface area (TPSA) is 51.4 Å². The van der Waals surface area contributed by atoms with Crippen molar-refractivity contribution in [3.63, 3.8) is 0 Å². The molecule has 4 nitrogen and oxygen atoms in total. The fourth-order valence-corrected chi connectivity index (χ4v) is 4.27. The zero-order valence-corrected chi connectivity index (χ0v) is 17.5. The summed E-state index contributed by atoms with van der Waals surface area (Å²) >= 11 is 0. The molecule has 1 aliphatic rings. The quantitative estimate of drug-likeness (QED) is 0.657. The molecule has 1 aromatic heterocycles. The van der Waals surface area contributed by atoms with Gasteiger partial charge in [0.2, 0.25) is 0 Å². The molecule has 0 saturated carbocycles. The predicted molar refractivity (Wildman–Crippen MR) is 120 cm³/mol. The van der Waals surface area contributed by atoms with Gasteiger partial charge in [0.1, 0.15) is 5.75 Å². The van der Waals surface area contributed by atoms with Crippen molar-refractivity contribution in [3.8, 4) is 16.9 Å². The lowest BCUT2D eigenvalue weighted by atomic mass is 9.89. The van der Waals surface area contributed by atoms with Gasteiger partial charge in [-0.25, -0.2) is 0 Å². The van der Waals surface area contributed by atoms with E-state index in [4.69, 9.17) is 10.5 Å². The highest BCUT2D eigenvalue weighted by Gasteiger charge is 2.33. The van der Waals surface area contributed by atoms with Crippen LogP contribution < -0.4 is 10.5 Å². The lowest BCUT2D eigenvalue weighted by molar-refractivity contribution is 0.308. The molecule has 3 aromatic rings. The van der Waals surface area contributed by atoms with E-state index in [1.807, 2.05) is 24.5 Å². The molecule has 0 spiro atoms. The Bertz CT molecular complexity index is 905. The number of ether oxygens (including phenoxy) is 1. The van der Waals surface area contributed by atoms with Crippen LogP contribution in [0.25, 0.3) is 11.1 Å². The summed E-state index contributed by atoms with van der Waals surface area (Å²) in [6.45, 7) is 3.61. The van der Waals surface area contributed by atoms with Gasteiger partial charge in [-0.2, -0.15) is 0 Å². The molecule has 1 saturated heterocycles. The average molecular weight is 410 g/mol. The Morgan fingerprint density at radius 2 is 1.76 bits per heavy atom. The van der Waals surface area contributed by atoms with E-state index in [-0.39, 0.29) is 12.4 Å². The standard InChI is InChI=1S/C24H27N3O.ClH/c1-28-24-8-7-20(18-9-11-26-12-10-18)13-21(24)15-27-16-22(14-25)23(17-27)19-5-3-2-4-6-19;/h2-13,22-23H,14-17,25H2,1H3;1H/t22-,23+;/m1./s1. The SMILES string of the molecule is COc1ccc(-c2ccncc2)cc1CN1C[C@@H](CN)[C@H](c2ccccc2)C1.Cl. The number of hydrogen-bond donors (Lipinski definition) is 1. The lowest BCUT2D eigenvalue weighted by Gasteiger charge is -2.19. The minimum atomic E-state index is 0. The molecule has 29 heavy (non-hydrogen) atoms. The zero-order chi connectivity index (χ0) is 19.3. The predicted octanol–water partition coefficient (Wildman–Crippen LogP) is 4.35. The number of nitrogens with zero attached hydrogens (tertiary/aromatic N) is 2.